The molecule has 1 aromatic rings. The van der Waals surface area contributed by atoms with Crippen LogP contribution in [0.2, 0.25) is 0 Å². The molecular formula is C14H24N4. The maximum absolute atomic E-state index is 5.82. The van der Waals surface area contributed by atoms with Gasteiger partial charge in [-0.25, -0.2) is 4.99 Å². The van der Waals surface area contributed by atoms with Crippen molar-refractivity contribution in [3.63, 3.8) is 0 Å². The monoisotopic (exact) mass is 248 g/mol. The second-order valence-electron chi connectivity index (χ2n) is 5.64. The molecule has 0 aromatic heterocycles. The summed E-state index contributed by atoms with van der Waals surface area (Å²) in [5.74, 6) is 0.485. The molecule has 0 heterocycles. The first kappa shape index (κ1) is 14.4. The minimum atomic E-state index is -0.0532. The predicted molar refractivity (Wildman–Crippen MR) is 79.0 cm³/mol. The lowest BCUT2D eigenvalue weighted by atomic mass is 10.1. The van der Waals surface area contributed by atoms with Crippen molar-refractivity contribution in [2.75, 3.05) is 19.0 Å². The van der Waals surface area contributed by atoms with Gasteiger partial charge < -0.3 is 16.0 Å². The summed E-state index contributed by atoms with van der Waals surface area (Å²) in [4.78, 5) is 6.40. The number of benzene rings is 1. The molecular weight excluding hydrogens is 224 g/mol. The molecule has 4 heteroatoms. The SMILES string of the molecule is CN(C)c1ccc(CN=C(N)NC(C)(C)C)cc1. The van der Waals surface area contributed by atoms with Crippen LogP contribution in [0.25, 0.3) is 0 Å². The topological polar surface area (TPSA) is 53.6 Å². The molecule has 1 aromatic carbocycles. The summed E-state index contributed by atoms with van der Waals surface area (Å²) in [5.41, 5.74) is 8.10. The van der Waals surface area contributed by atoms with Crippen molar-refractivity contribution in [3.8, 4) is 0 Å². The maximum Gasteiger partial charge on any atom is 0.189 e. The average molecular weight is 248 g/mol. The lowest BCUT2D eigenvalue weighted by molar-refractivity contribution is 0.508. The van der Waals surface area contributed by atoms with Gasteiger partial charge in [-0.15, -0.1) is 0 Å². The van der Waals surface area contributed by atoms with E-state index in [-0.39, 0.29) is 5.54 Å². The van der Waals surface area contributed by atoms with Crippen molar-refractivity contribution in [1.82, 2.24) is 5.32 Å². The van der Waals surface area contributed by atoms with Gasteiger partial charge in [-0.1, -0.05) is 12.1 Å². The minimum Gasteiger partial charge on any atom is -0.378 e. The van der Waals surface area contributed by atoms with Crippen LogP contribution in [0.3, 0.4) is 0 Å². The molecule has 1 rings (SSSR count). The van der Waals surface area contributed by atoms with Gasteiger partial charge in [0.15, 0.2) is 5.96 Å². The third-order valence-corrected chi connectivity index (χ3v) is 2.39. The van der Waals surface area contributed by atoms with Crippen LogP contribution in [0.15, 0.2) is 29.3 Å². The molecule has 0 aliphatic heterocycles. The summed E-state index contributed by atoms with van der Waals surface area (Å²) < 4.78 is 0. The van der Waals surface area contributed by atoms with Gasteiger partial charge in [-0.3, -0.25) is 0 Å². The molecule has 0 bridgehead atoms. The van der Waals surface area contributed by atoms with E-state index >= 15 is 0 Å². The quantitative estimate of drug-likeness (QED) is 0.635. The largest absolute Gasteiger partial charge is 0.378 e. The normalized spacial score (nSPS) is 12.4. The molecule has 0 spiro atoms. The van der Waals surface area contributed by atoms with Crippen LogP contribution in [-0.4, -0.2) is 25.6 Å². The Kier molecular flexibility index (Phi) is 4.59. The third kappa shape index (κ3) is 5.08. The lowest BCUT2D eigenvalue weighted by Gasteiger charge is -2.21. The maximum atomic E-state index is 5.82. The zero-order valence-electron chi connectivity index (χ0n) is 12.0. The van der Waals surface area contributed by atoms with Gasteiger partial charge in [0.05, 0.1) is 6.54 Å². The third-order valence-electron chi connectivity index (χ3n) is 2.39. The van der Waals surface area contributed by atoms with E-state index in [9.17, 15) is 0 Å². The molecule has 0 aliphatic carbocycles. The van der Waals surface area contributed by atoms with Crippen LogP contribution in [0.1, 0.15) is 26.3 Å². The molecule has 3 N–H and O–H groups in total. The van der Waals surface area contributed by atoms with Crippen LogP contribution < -0.4 is 16.0 Å². The molecule has 18 heavy (non-hydrogen) atoms. The fraction of sp³-hybridized carbons (Fsp3) is 0.500. The number of nitrogens with one attached hydrogen (secondary N) is 1. The van der Waals surface area contributed by atoms with Crippen LogP contribution in [0.4, 0.5) is 5.69 Å². The van der Waals surface area contributed by atoms with E-state index in [1.54, 1.807) is 0 Å². The number of aliphatic imine (C=N–C) groups is 1. The number of hydrogen-bond donors (Lipinski definition) is 2. The number of anilines is 1. The second-order valence-corrected chi connectivity index (χ2v) is 5.64. The molecule has 0 unspecified atom stereocenters. The van der Waals surface area contributed by atoms with E-state index in [4.69, 9.17) is 5.73 Å². The zero-order chi connectivity index (χ0) is 13.8. The van der Waals surface area contributed by atoms with E-state index in [0.717, 1.165) is 5.56 Å². The number of hydrogen-bond acceptors (Lipinski definition) is 2. The van der Waals surface area contributed by atoms with Gasteiger partial charge in [-0.2, -0.15) is 0 Å². The number of nitrogens with zero attached hydrogens (tertiary/aromatic N) is 2. The highest BCUT2D eigenvalue weighted by Gasteiger charge is 2.09. The van der Waals surface area contributed by atoms with Crippen LogP contribution in [0, 0.1) is 0 Å². The summed E-state index contributed by atoms with van der Waals surface area (Å²) in [6, 6.07) is 8.31. The van der Waals surface area contributed by atoms with Gasteiger partial charge in [-0.05, 0) is 38.5 Å². The van der Waals surface area contributed by atoms with E-state index in [0.29, 0.717) is 12.5 Å². The standard InChI is InChI=1S/C14H24N4/c1-14(2,3)17-13(15)16-10-11-6-8-12(9-7-11)18(4)5/h6-9H,10H2,1-5H3,(H3,15,16,17). The molecule has 100 valence electrons. The van der Waals surface area contributed by atoms with Crippen LogP contribution in [-0.2, 0) is 6.54 Å². The van der Waals surface area contributed by atoms with Gasteiger partial charge >= 0.3 is 0 Å². The van der Waals surface area contributed by atoms with Crippen molar-refractivity contribution in [2.45, 2.75) is 32.9 Å². The summed E-state index contributed by atoms with van der Waals surface area (Å²) in [7, 11) is 4.05. The molecule has 0 amide bonds. The molecule has 0 fully saturated rings. The van der Waals surface area contributed by atoms with Crippen LogP contribution >= 0.6 is 0 Å². The molecule has 4 nitrogen and oxygen atoms in total. The molecule has 0 atom stereocenters. The van der Waals surface area contributed by atoms with Gasteiger partial charge in [0.1, 0.15) is 0 Å². The Bertz CT molecular complexity index is 399. The minimum absolute atomic E-state index is 0.0532. The Balaban J connectivity index is 2.60. The van der Waals surface area contributed by atoms with Gasteiger partial charge in [0, 0.05) is 25.3 Å². The zero-order valence-corrected chi connectivity index (χ0v) is 12.0. The summed E-state index contributed by atoms with van der Waals surface area (Å²) >= 11 is 0. The van der Waals surface area contributed by atoms with Crippen molar-refractivity contribution < 1.29 is 0 Å². The Labute approximate surface area is 110 Å². The van der Waals surface area contributed by atoms with Crippen molar-refractivity contribution in [1.29, 1.82) is 0 Å². The van der Waals surface area contributed by atoms with E-state index < -0.39 is 0 Å². The van der Waals surface area contributed by atoms with Crippen molar-refractivity contribution >= 4 is 11.6 Å². The number of guanidine groups is 1. The molecule has 0 radical (unpaired) electrons. The number of nitrogens with two attached hydrogens (primary N) is 1. The highest BCUT2D eigenvalue weighted by Crippen LogP contribution is 2.12. The van der Waals surface area contributed by atoms with Crippen LogP contribution in [0.5, 0.6) is 0 Å². The fourth-order valence-electron chi connectivity index (χ4n) is 1.50. The average Bonchev–Trinajstić information content (AvgIpc) is 2.24. The number of rotatable bonds is 3. The predicted octanol–water partition coefficient (Wildman–Crippen LogP) is 1.96. The highest BCUT2D eigenvalue weighted by molar-refractivity contribution is 5.78. The Morgan fingerprint density at radius 1 is 1.22 bits per heavy atom. The second kappa shape index (κ2) is 5.76. The van der Waals surface area contributed by atoms with E-state index in [2.05, 4.69) is 60.2 Å². The summed E-state index contributed by atoms with van der Waals surface area (Å²) in [6.45, 7) is 6.77. The fourth-order valence-corrected chi connectivity index (χ4v) is 1.50. The Morgan fingerprint density at radius 3 is 2.22 bits per heavy atom. The molecule has 0 aliphatic rings. The lowest BCUT2D eigenvalue weighted by Crippen LogP contribution is -2.44. The van der Waals surface area contributed by atoms with E-state index in [1.165, 1.54) is 5.69 Å². The van der Waals surface area contributed by atoms with E-state index in [1.807, 2.05) is 14.1 Å². The first-order chi connectivity index (χ1) is 8.28. The van der Waals surface area contributed by atoms with Gasteiger partial charge in [0.25, 0.3) is 0 Å². The summed E-state index contributed by atoms with van der Waals surface area (Å²) in [6.07, 6.45) is 0. The Morgan fingerprint density at radius 2 is 1.78 bits per heavy atom. The van der Waals surface area contributed by atoms with Gasteiger partial charge in [0.2, 0.25) is 0 Å². The molecule has 0 saturated heterocycles. The Hall–Kier alpha value is -1.71. The van der Waals surface area contributed by atoms with Crippen molar-refractivity contribution in [2.24, 2.45) is 10.7 Å². The summed E-state index contributed by atoms with van der Waals surface area (Å²) in [5, 5.41) is 3.14. The highest BCUT2D eigenvalue weighted by atomic mass is 15.1. The first-order valence-corrected chi connectivity index (χ1v) is 6.12. The smallest absolute Gasteiger partial charge is 0.189 e. The van der Waals surface area contributed by atoms with Crippen molar-refractivity contribution in [3.05, 3.63) is 29.8 Å². The molecule has 0 saturated carbocycles. The first-order valence-electron chi connectivity index (χ1n) is 6.12.